The Morgan fingerprint density at radius 3 is 1.97 bits per heavy atom. The summed E-state index contributed by atoms with van der Waals surface area (Å²) in [6, 6.07) is 13.1. The third kappa shape index (κ3) is 8.37. The topological polar surface area (TPSA) is 118 Å². The molecule has 0 aromatic heterocycles. The molecule has 0 bridgehead atoms. The molecule has 29 heavy (non-hydrogen) atoms. The second-order valence-electron chi connectivity index (χ2n) is 6.75. The van der Waals surface area contributed by atoms with Crippen LogP contribution in [0, 0.1) is 16.0 Å². The average Bonchev–Trinajstić information content (AvgIpc) is 2.75. The van der Waals surface area contributed by atoms with Crippen LogP contribution in [-0.2, 0) is 0 Å². The van der Waals surface area contributed by atoms with Crippen LogP contribution >= 0.6 is 0 Å². The van der Waals surface area contributed by atoms with Gasteiger partial charge in [0.05, 0.1) is 22.9 Å². The molecule has 0 saturated carbocycles. The highest BCUT2D eigenvalue weighted by atomic mass is 16.6. The van der Waals surface area contributed by atoms with E-state index in [-0.39, 0.29) is 24.8 Å². The lowest BCUT2D eigenvalue weighted by atomic mass is 10.0. The van der Waals surface area contributed by atoms with Crippen molar-refractivity contribution in [3.8, 4) is 5.75 Å². The Hall–Kier alpha value is -2.84. The van der Waals surface area contributed by atoms with E-state index in [4.69, 9.17) is 14.9 Å². The van der Waals surface area contributed by atoms with Crippen LogP contribution in [0.1, 0.15) is 32.1 Å². The number of hydrogen-bond acceptors (Lipinski definition) is 7. The van der Waals surface area contributed by atoms with Gasteiger partial charge in [0.25, 0.3) is 5.69 Å². The lowest BCUT2D eigenvalue weighted by Crippen LogP contribution is -2.10. The first kappa shape index (κ1) is 22.4. The van der Waals surface area contributed by atoms with Crippen molar-refractivity contribution in [3.63, 3.8) is 0 Å². The monoisotopic (exact) mass is 401 g/mol. The van der Waals surface area contributed by atoms with Crippen molar-refractivity contribution >= 4 is 17.1 Å². The van der Waals surface area contributed by atoms with Gasteiger partial charge in [-0.3, -0.25) is 10.1 Å². The number of unbranched alkanes of at least 4 members (excludes halogenated alkanes) is 3. The maximum absolute atomic E-state index is 10.6. The predicted octanol–water partition coefficient (Wildman–Crippen LogP) is 4.94. The van der Waals surface area contributed by atoms with Gasteiger partial charge in [0.2, 0.25) is 0 Å². The van der Waals surface area contributed by atoms with Crippen LogP contribution in [0.15, 0.2) is 58.8 Å². The van der Waals surface area contributed by atoms with Crippen molar-refractivity contribution in [1.82, 2.24) is 0 Å². The van der Waals surface area contributed by atoms with Gasteiger partial charge in [0, 0.05) is 31.3 Å². The van der Waals surface area contributed by atoms with E-state index >= 15 is 0 Å². The maximum Gasteiger partial charge on any atom is 0.269 e. The summed E-state index contributed by atoms with van der Waals surface area (Å²) in [6.45, 7) is 0.721. The van der Waals surface area contributed by atoms with Gasteiger partial charge in [0.15, 0.2) is 0 Å². The second kappa shape index (κ2) is 12.6. The summed E-state index contributed by atoms with van der Waals surface area (Å²) in [5.74, 6) is 0.766. The number of nitro groups is 1. The van der Waals surface area contributed by atoms with Crippen LogP contribution in [0.5, 0.6) is 5.75 Å². The first-order chi connectivity index (χ1) is 14.1. The number of aliphatic hydroxyl groups excluding tert-OH is 2. The summed E-state index contributed by atoms with van der Waals surface area (Å²) in [5.41, 5.74) is 1.23. The summed E-state index contributed by atoms with van der Waals surface area (Å²) in [5, 5.41) is 36.8. The van der Waals surface area contributed by atoms with Crippen LogP contribution in [-0.4, -0.2) is 35.0 Å². The molecule has 0 heterocycles. The smallest absolute Gasteiger partial charge is 0.269 e. The first-order valence-electron chi connectivity index (χ1n) is 9.73. The largest absolute Gasteiger partial charge is 0.494 e. The number of rotatable bonds is 13. The van der Waals surface area contributed by atoms with Crippen molar-refractivity contribution < 1.29 is 19.9 Å². The molecule has 0 unspecified atom stereocenters. The molecule has 0 amide bonds. The zero-order valence-electron chi connectivity index (χ0n) is 16.3. The van der Waals surface area contributed by atoms with E-state index < -0.39 is 4.92 Å². The minimum atomic E-state index is -0.455. The van der Waals surface area contributed by atoms with Gasteiger partial charge < -0.3 is 14.9 Å². The number of hydrogen-bond donors (Lipinski definition) is 2. The van der Waals surface area contributed by atoms with Crippen molar-refractivity contribution in [2.75, 3.05) is 19.8 Å². The molecule has 0 aliphatic heterocycles. The van der Waals surface area contributed by atoms with Crippen molar-refractivity contribution in [2.24, 2.45) is 16.1 Å². The van der Waals surface area contributed by atoms with E-state index in [0.29, 0.717) is 18.0 Å². The fourth-order valence-corrected chi connectivity index (χ4v) is 2.68. The number of nitro benzene ring substituents is 1. The van der Waals surface area contributed by atoms with Crippen LogP contribution in [0.25, 0.3) is 0 Å². The molecule has 0 saturated heterocycles. The van der Waals surface area contributed by atoms with E-state index in [1.165, 1.54) is 12.1 Å². The van der Waals surface area contributed by atoms with Gasteiger partial charge in [-0.25, -0.2) is 0 Å². The molecule has 0 fully saturated rings. The molecule has 156 valence electrons. The maximum atomic E-state index is 10.6. The second-order valence-corrected chi connectivity index (χ2v) is 6.75. The molecule has 8 heteroatoms. The lowest BCUT2D eigenvalue weighted by molar-refractivity contribution is -0.384. The zero-order valence-corrected chi connectivity index (χ0v) is 16.3. The molecule has 0 radical (unpaired) electrons. The summed E-state index contributed by atoms with van der Waals surface area (Å²) in [7, 11) is 0. The van der Waals surface area contributed by atoms with Gasteiger partial charge in [-0.2, -0.15) is 10.2 Å². The summed E-state index contributed by atoms with van der Waals surface area (Å²) in [4.78, 5) is 10.2. The number of benzene rings is 2. The summed E-state index contributed by atoms with van der Waals surface area (Å²) >= 11 is 0. The molecule has 2 aromatic rings. The molecular weight excluding hydrogens is 374 g/mol. The number of non-ortho nitro benzene ring substituents is 1. The number of azo groups is 1. The van der Waals surface area contributed by atoms with Crippen molar-refractivity contribution in [1.29, 1.82) is 0 Å². The molecule has 0 atom stereocenters. The van der Waals surface area contributed by atoms with E-state index in [1.54, 1.807) is 24.3 Å². The standard InChI is InChI=1S/C21H27N3O5/c25-15-17(16-26)5-3-1-2-4-14-29-21-12-8-19(9-13-21)23-22-18-6-10-20(11-7-18)24(27)28/h6-13,17,25-26H,1-5,14-16H2. The third-order valence-electron chi connectivity index (χ3n) is 4.47. The molecule has 0 aliphatic carbocycles. The van der Waals surface area contributed by atoms with E-state index in [9.17, 15) is 10.1 Å². The quantitative estimate of drug-likeness (QED) is 0.213. The lowest BCUT2D eigenvalue weighted by Gasteiger charge is -2.10. The normalized spacial score (nSPS) is 11.3. The fourth-order valence-electron chi connectivity index (χ4n) is 2.68. The van der Waals surface area contributed by atoms with Crippen LogP contribution in [0.2, 0.25) is 0 Å². The Morgan fingerprint density at radius 1 is 0.862 bits per heavy atom. The van der Waals surface area contributed by atoms with Crippen LogP contribution in [0.4, 0.5) is 17.1 Å². The molecule has 2 rings (SSSR count). The highest BCUT2D eigenvalue weighted by Crippen LogP contribution is 2.23. The Bertz CT molecular complexity index is 759. The third-order valence-corrected chi connectivity index (χ3v) is 4.47. The first-order valence-corrected chi connectivity index (χ1v) is 9.73. The van der Waals surface area contributed by atoms with E-state index in [1.807, 2.05) is 12.1 Å². The Labute approximate surface area is 170 Å². The van der Waals surface area contributed by atoms with Gasteiger partial charge in [-0.1, -0.05) is 19.3 Å². The fraction of sp³-hybridized carbons (Fsp3) is 0.429. The van der Waals surface area contributed by atoms with Crippen LogP contribution in [0.3, 0.4) is 0 Å². The van der Waals surface area contributed by atoms with Gasteiger partial charge in [-0.05, 0) is 49.2 Å². The SMILES string of the molecule is O=[N+]([O-])c1ccc(N=Nc2ccc(OCCCCCCC(CO)CO)cc2)cc1. The minimum absolute atomic E-state index is 0.00215. The van der Waals surface area contributed by atoms with E-state index in [2.05, 4.69) is 10.2 Å². The van der Waals surface area contributed by atoms with Gasteiger partial charge >= 0.3 is 0 Å². The Kier molecular flexibility index (Phi) is 9.74. The van der Waals surface area contributed by atoms with E-state index in [0.717, 1.165) is 37.9 Å². The van der Waals surface area contributed by atoms with Crippen molar-refractivity contribution in [2.45, 2.75) is 32.1 Å². The molecule has 8 nitrogen and oxygen atoms in total. The average molecular weight is 401 g/mol. The van der Waals surface area contributed by atoms with Gasteiger partial charge in [0.1, 0.15) is 5.75 Å². The number of aliphatic hydroxyl groups is 2. The highest BCUT2D eigenvalue weighted by molar-refractivity contribution is 5.45. The Morgan fingerprint density at radius 2 is 1.41 bits per heavy atom. The number of nitrogens with zero attached hydrogens (tertiary/aromatic N) is 3. The summed E-state index contributed by atoms with van der Waals surface area (Å²) < 4.78 is 5.71. The molecule has 0 aliphatic rings. The zero-order chi connectivity index (χ0) is 20.9. The number of ether oxygens (including phenoxy) is 1. The molecular formula is C21H27N3O5. The summed E-state index contributed by atoms with van der Waals surface area (Å²) in [6.07, 6.45) is 4.90. The molecule has 2 aromatic carbocycles. The Balaban J connectivity index is 1.67. The van der Waals surface area contributed by atoms with Crippen LogP contribution < -0.4 is 4.74 Å². The van der Waals surface area contributed by atoms with Crippen molar-refractivity contribution in [3.05, 3.63) is 58.6 Å². The minimum Gasteiger partial charge on any atom is -0.494 e. The highest BCUT2D eigenvalue weighted by Gasteiger charge is 2.05. The molecule has 2 N–H and O–H groups in total. The predicted molar refractivity (Wildman–Crippen MR) is 110 cm³/mol. The molecule has 0 spiro atoms. The van der Waals surface area contributed by atoms with Gasteiger partial charge in [-0.15, -0.1) is 0 Å².